The van der Waals surface area contributed by atoms with Gasteiger partial charge in [0, 0.05) is 24.7 Å². The summed E-state index contributed by atoms with van der Waals surface area (Å²) < 4.78 is 0. The third-order valence-corrected chi connectivity index (χ3v) is 5.21. The molecule has 0 radical (unpaired) electrons. The molecule has 2 aliphatic heterocycles. The number of nitrogens with zero attached hydrogens (tertiary/aromatic N) is 4. The lowest BCUT2D eigenvalue weighted by atomic mass is 9.95. The molecule has 2 aromatic rings. The van der Waals surface area contributed by atoms with Crippen molar-refractivity contribution in [1.82, 2.24) is 9.88 Å². The molecule has 2 atom stereocenters. The van der Waals surface area contributed by atoms with Crippen molar-refractivity contribution in [1.29, 1.82) is 5.26 Å². The van der Waals surface area contributed by atoms with Crippen molar-refractivity contribution in [2.75, 3.05) is 11.4 Å². The smallest absolute Gasteiger partial charge is 0.254 e. The summed E-state index contributed by atoms with van der Waals surface area (Å²) in [6, 6.07) is 12.5. The standard InChI is InChI=1S/C20H18N4O2/c21-12-14-3-5-15(6-4-14)20(26)23-11-9-18-17(23)7-8-19(25)24(18)16-2-1-10-22-13-16/h1-6,10,13,17-18H,7-9,11H2. The topological polar surface area (TPSA) is 77.3 Å². The summed E-state index contributed by atoms with van der Waals surface area (Å²) in [5.74, 6) is 0.0504. The van der Waals surface area contributed by atoms with Gasteiger partial charge in [0.05, 0.1) is 35.6 Å². The summed E-state index contributed by atoms with van der Waals surface area (Å²) in [6.45, 7) is 0.623. The lowest BCUT2D eigenvalue weighted by Crippen LogP contribution is -2.53. The first kappa shape index (κ1) is 16.3. The van der Waals surface area contributed by atoms with Gasteiger partial charge in [-0.2, -0.15) is 5.26 Å². The number of hydrogen-bond donors (Lipinski definition) is 0. The van der Waals surface area contributed by atoms with Crippen LogP contribution in [0.25, 0.3) is 0 Å². The van der Waals surface area contributed by atoms with Gasteiger partial charge >= 0.3 is 0 Å². The second-order valence-electron chi connectivity index (χ2n) is 6.62. The number of carbonyl (C=O) groups is 2. The molecule has 2 fully saturated rings. The molecule has 3 heterocycles. The average Bonchev–Trinajstić information content (AvgIpc) is 3.12. The summed E-state index contributed by atoms with van der Waals surface area (Å²) >= 11 is 0. The highest BCUT2D eigenvalue weighted by atomic mass is 16.2. The van der Waals surface area contributed by atoms with Crippen LogP contribution in [-0.4, -0.2) is 40.3 Å². The lowest BCUT2D eigenvalue weighted by molar-refractivity contribution is -0.120. The van der Waals surface area contributed by atoms with E-state index in [9.17, 15) is 9.59 Å². The fourth-order valence-electron chi connectivity index (χ4n) is 4.00. The van der Waals surface area contributed by atoms with Crippen LogP contribution in [0.3, 0.4) is 0 Å². The van der Waals surface area contributed by atoms with Gasteiger partial charge < -0.3 is 9.80 Å². The van der Waals surface area contributed by atoms with E-state index in [1.807, 2.05) is 21.9 Å². The van der Waals surface area contributed by atoms with Crippen LogP contribution in [0.4, 0.5) is 5.69 Å². The van der Waals surface area contributed by atoms with E-state index < -0.39 is 0 Å². The number of nitriles is 1. The molecular weight excluding hydrogens is 328 g/mol. The number of carbonyl (C=O) groups excluding carboxylic acids is 2. The van der Waals surface area contributed by atoms with Crippen molar-refractivity contribution in [3.63, 3.8) is 0 Å². The molecule has 0 aliphatic carbocycles. The number of aromatic nitrogens is 1. The number of amides is 2. The maximum atomic E-state index is 13.0. The van der Waals surface area contributed by atoms with Crippen molar-refractivity contribution in [2.45, 2.75) is 31.3 Å². The minimum Gasteiger partial charge on any atom is -0.333 e. The largest absolute Gasteiger partial charge is 0.333 e. The number of piperidine rings is 1. The van der Waals surface area contributed by atoms with Crippen LogP contribution in [-0.2, 0) is 4.79 Å². The highest BCUT2D eigenvalue weighted by Gasteiger charge is 2.45. The molecule has 2 unspecified atom stereocenters. The Kier molecular flexibility index (Phi) is 4.13. The number of hydrogen-bond acceptors (Lipinski definition) is 4. The third-order valence-electron chi connectivity index (χ3n) is 5.21. The maximum Gasteiger partial charge on any atom is 0.254 e. The second-order valence-corrected chi connectivity index (χ2v) is 6.62. The predicted molar refractivity (Wildman–Crippen MR) is 95.3 cm³/mol. The zero-order valence-electron chi connectivity index (χ0n) is 14.2. The zero-order chi connectivity index (χ0) is 18.1. The predicted octanol–water partition coefficient (Wildman–Crippen LogP) is 2.36. The van der Waals surface area contributed by atoms with Gasteiger partial charge in [-0.15, -0.1) is 0 Å². The first-order valence-electron chi connectivity index (χ1n) is 8.72. The Morgan fingerprint density at radius 1 is 1.15 bits per heavy atom. The Labute approximate surface area is 151 Å². The van der Waals surface area contributed by atoms with Crippen LogP contribution < -0.4 is 4.90 Å². The van der Waals surface area contributed by atoms with E-state index in [2.05, 4.69) is 11.1 Å². The second kappa shape index (κ2) is 6.60. The maximum absolute atomic E-state index is 13.0. The molecule has 26 heavy (non-hydrogen) atoms. The fourth-order valence-corrected chi connectivity index (χ4v) is 4.00. The molecular formula is C20H18N4O2. The molecule has 0 saturated carbocycles. The van der Waals surface area contributed by atoms with E-state index in [0.717, 1.165) is 12.1 Å². The van der Waals surface area contributed by atoms with E-state index >= 15 is 0 Å². The minimum atomic E-state index is -0.0394. The molecule has 4 rings (SSSR count). The highest BCUT2D eigenvalue weighted by molar-refractivity contribution is 5.97. The number of benzene rings is 1. The van der Waals surface area contributed by atoms with Gasteiger partial charge in [-0.25, -0.2) is 0 Å². The van der Waals surface area contributed by atoms with Gasteiger partial charge in [0.25, 0.3) is 5.91 Å². The van der Waals surface area contributed by atoms with Gasteiger partial charge in [0.2, 0.25) is 5.91 Å². The molecule has 1 aromatic heterocycles. The summed E-state index contributed by atoms with van der Waals surface area (Å²) in [7, 11) is 0. The van der Waals surface area contributed by atoms with Gasteiger partial charge in [0.1, 0.15) is 0 Å². The van der Waals surface area contributed by atoms with E-state index in [1.54, 1.807) is 36.7 Å². The van der Waals surface area contributed by atoms with E-state index in [0.29, 0.717) is 30.5 Å². The van der Waals surface area contributed by atoms with Crippen LogP contribution in [0.2, 0.25) is 0 Å². The van der Waals surface area contributed by atoms with Crippen LogP contribution in [0.15, 0.2) is 48.8 Å². The molecule has 0 spiro atoms. The zero-order valence-corrected chi connectivity index (χ0v) is 14.2. The lowest BCUT2D eigenvalue weighted by Gasteiger charge is -2.39. The van der Waals surface area contributed by atoms with Crippen LogP contribution in [0.1, 0.15) is 35.2 Å². The van der Waals surface area contributed by atoms with Crippen molar-refractivity contribution in [2.24, 2.45) is 0 Å². The van der Waals surface area contributed by atoms with Crippen molar-refractivity contribution in [3.05, 3.63) is 59.9 Å². The Morgan fingerprint density at radius 3 is 2.65 bits per heavy atom. The van der Waals surface area contributed by atoms with Gasteiger partial charge in [0.15, 0.2) is 0 Å². The Bertz CT molecular complexity index is 873. The van der Waals surface area contributed by atoms with E-state index in [4.69, 9.17) is 5.26 Å². The van der Waals surface area contributed by atoms with E-state index in [-0.39, 0.29) is 23.9 Å². The first-order chi connectivity index (χ1) is 12.7. The Morgan fingerprint density at radius 2 is 1.96 bits per heavy atom. The number of fused-ring (bicyclic) bond motifs is 1. The average molecular weight is 346 g/mol. The monoisotopic (exact) mass is 346 g/mol. The number of anilines is 1. The Hall–Kier alpha value is -3.20. The summed E-state index contributed by atoms with van der Waals surface area (Å²) in [5.41, 5.74) is 1.90. The molecule has 0 N–H and O–H groups in total. The molecule has 0 bridgehead atoms. The van der Waals surface area contributed by atoms with E-state index in [1.165, 1.54) is 0 Å². The molecule has 130 valence electrons. The number of likely N-dealkylation sites (tertiary alicyclic amines) is 1. The quantitative estimate of drug-likeness (QED) is 0.836. The fraction of sp³-hybridized carbons (Fsp3) is 0.300. The van der Waals surface area contributed by atoms with Crippen molar-refractivity contribution >= 4 is 17.5 Å². The molecule has 2 amide bonds. The van der Waals surface area contributed by atoms with Gasteiger partial charge in [-0.1, -0.05) is 0 Å². The molecule has 1 aromatic carbocycles. The van der Waals surface area contributed by atoms with Gasteiger partial charge in [-0.3, -0.25) is 14.6 Å². The molecule has 6 nitrogen and oxygen atoms in total. The van der Waals surface area contributed by atoms with Gasteiger partial charge in [-0.05, 0) is 49.2 Å². The highest BCUT2D eigenvalue weighted by Crippen LogP contribution is 2.35. The summed E-state index contributed by atoms with van der Waals surface area (Å²) in [4.78, 5) is 33.3. The normalized spacial score (nSPS) is 22.0. The SMILES string of the molecule is N#Cc1ccc(C(=O)N2CCC3C2CCC(=O)N3c2cccnc2)cc1. The van der Waals surface area contributed by atoms with Crippen LogP contribution in [0, 0.1) is 11.3 Å². The molecule has 2 saturated heterocycles. The minimum absolute atomic E-state index is 0.0102. The van der Waals surface area contributed by atoms with Crippen molar-refractivity contribution in [3.8, 4) is 6.07 Å². The van der Waals surface area contributed by atoms with Crippen LogP contribution in [0.5, 0.6) is 0 Å². The summed E-state index contributed by atoms with van der Waals surface area (Å²) in [6.07, 6.45) is 5.25. The molecule has 6 heteroatoms. The summed E-state index contributed by atoms with van der Waals surface area (Å²) in [5, 5.41) is 8.91. The van der Waals surface area contributed by atoms with Crippen molar-refractivity contribution < 1.29 is 9.59 Å². The van der Waals surface area contributed by atoms with Crippen LogP contribution >= 0.6 is 0 Å². The third kappa shape index (κ3) is 2.72. The first-order valence-corrected chi connectivity index (χ1v) is 8.72. The molecule has 2 aliphatic rings. The number of pyridine rings is 1. The number of rotatable bonds is 2. The Balaban J connectivity index is 1.59.